The zero-order valence-corrected chi connectivity index (χ0v) is 14.2. The summed E-state index contributed by atoms with van der Waals surface area (Å²) < 4.78 is 0. The van der Waals surface area contributed by atoms with E-state index in [1.54, 1.807) is 23.5 Å². The van der Waals surface area contributed by atoms with E-state index in [0.717, 1.165) is 30.9 Å². The van der Waals surface area contributed by atoms with Crippen molar-refractivity contribution in [2.75, 3.05) is 13.1 Å². The summed E-state index contributed by atoms with van der Waals surface area (Å²) in [6.07, 6.45) is 3.07. The van der Waals surface area contributed by atoms with Crippen molar-refractivity contribution in [3.05, 3.63) is 70.5 Å². The number of thiophene rings is 1. The second-order valence-electron chi connectivity index (χ2n) is 6.38. The van der Waals surface area contributed by atoms with Crippen LogP contribution in [0.5, 0.6) is 5.75 Å². The summed E-state index contributed by atoms with van der Waals surface area (Å²) in [7, 11) is 0. The van der Waals surface area contributed by atoms with Crippen molar-refractivity contribution in [2.24, 2.45) is 0 Å². The van der Waals surface area contributed by atoms with Gasteiger partial charge in [0.1, 0.15) is 5.75 Å². The molecule has 0 radical (unpaired) electrons. The lowest BCUT2D eigenvalue weighted by Gasteiger charge is -2.15. The third-order valence-electron chi connectivity index (χ3n) is 4.66. The minimum absolute atomic E-state index is 0.280. The molecule has 2 aromatic heterocycles. The summed E-state index contributed by atoms with van der Waals surface area (Å²) in [5, 5.41) is 14.1. The van der Waals surface area contributed by atoms with Crippen molar-refractivity contribution in [1.29, 1.82) is 0 Å². The molecule has 1 atom stereocenters. The van der Waals surface area contributed by atoms with Gasteiger partial charge in [-0.1, -0.05) is 12.1 Å². The standard InChI is InChI=1S/C20H20N2OS/c23-19-3-1-2-17(10-19)20-11-16(4-7-21-20)18-5-8-22(13-18)12-15-6-9-24-14-15/h1-4,6-7,9-11,14,18,23H,5,8,12-13H2. The average Bonchev–Trinajstić information content (AvgIpc) is 3.27. The van der Waals surface area contributed by atoms with Crippen LogP contribution in [0, 0.1) is 0 Å². The summed E-state index contributed by atoms with van der Waals surface area (Å²) in [5.74, 6) is 0.838. The fraction of sp³-hybridized carbons (Fsp3) is 0.250. The van der Waals surface area contributed by atoms with Crippen molar-refractivity contribution in [2.45, 2.75) is 18.9 Å². The number of nitrogens with zero attached hydrogens (tertiary/aromatic N) is 2. The Morgan fingerprint density at radius 3 is 3.00 bits per heavy atom. The van der Waals surface area contributed by atoms with Gasteiger partial charge >= 0.3 is 0 Å². The van der Waals surface area contributed by atoms with Gasteiger partial charge in [0.2, 0.25) is 0 Å². The minimum atomic E-state index is 0.280. The zero-order valence-electron chi connectivity index (χ0n) is 13.4. The van der Waals surface area contributed by atoms with Gasteiger partial charge in [-0.2, -0.15) is 11.3 Å². The molecule has 0 aliphatic carbocycles. The van der Waals surface area contributed by atoms with E-state index in [1.807, 2.05) is 18.3 Å². The highest BCUT2D eigenvalue weighted by Crippen LogP contribution is 2.31. The quantitative estimate of drug-likeness (QED) is 0.762. The zero-order chi connectivity index (χ0) is 16.4. The number of hydrogen-bond donors (Lipinski definition) is 1. The molecule has 1 N–H and O–H groups in total. The number of benzene rings is 1. The number of rotatable bonds is 4. The number of aromatic hydroxyl groups is 1. The van der Waals surface area contributed by atoms with Crippen molar-refractivity contribution in [3.63, 3.8) is 0 Å². The Morgan fingerprint density at radius 2 is 2.17 bits per heavy atom. The Morgan fingerprint density at radius 1 is 1.21 bits per heavy atom. The van der Waals surface area contributed by atoms with Gasteiger partial charge in [0.05, 0.1) is 5.69 Å². The van der Waals surface area contributed by atoms with Crippen LogP contribution in [0.25, 0.3) is 11.3 Å². The lowest BCUT2D eigenvalue weighted by Crippen LogP contribution is -2.19. The molecule has 24 heavy (non-hydrogen) atoms. The summed E-state index contributed by atoms with van der Waals surface area (Å²) in [6.45, 7) is 3.29. The molecule has 3 heterocycles. The van der Waals surface area contributed by atoms with Crippen LogP contribution in [0.15, 0.2) is 59.4 Å². The van der Waals surface area contributed by atoms with E-state index >= 15 is 0 Å². The normalized spacial score (nSPS) is 18.1. The van der Waals surface area contributed by atoms with Gasteiger partial charge in [-0.3, -0.25) is 9.88 Å². The second-order valence-corrected chi connectivity index (χ2v) is 7.16. The molecule has 1 aromatic carbocycles. The van der Waals surface area contributed by atoms with Crippen LogP contribution < -0.4 is 0 Å². The summed E-state index contributed by atoms with van der Waals surface area (Å²) in [5.41, 5.74) is 4.65. The molecule has 4 rings (SSSR count). The average molecular weight is 336 g/mol. The van der Waals surface area contributed by atoms with Crippen LogP contribution in [0.1, 0.15) is 23.5 Å². The third-order valence-corrected chi connectivity index (χ3v) is 5.39. The van der Waals surface area contributed by atoms with Gasteiger partial charge < -0.3 is 5.11 Å². The maximum atomic E-state index is 9.68. The van der Waals surface area contributed by atoms with Gasteiger partial charge in [-0.15, -0.1) is 0 Å². The molecule has 4 heteroatoms. The largest absolute Gasteiger partial charge is 0.508 e. The van der Waals surface area contributed by atoms with Crippen LogP contribution in [0.4, 0.5) is 0 Å². The third kappa shape index (κ3) is 3.35. The number of likely N-dealkylation sites (tertiary alicyclic amines) is 1. The Labute approximate surface area is 146 Å². The van der Waals surface area contributed by atoms with Crippen LogP contribution in [0.2, 0.25) is 0 Å². The highest BCUT2D eigenvalue weighted by molar-refractivity contribution is 7.07. The number of hydrogen-bond acceptors (Lipinski definition) is 4. The molecule has 0 spiro atoms. The Kier molecular flexibility index (Phi) is 4.32. The molecular weight excluding hydrogens is 316 g/mol. The van der Waals surface area contributed by atoms with Crippen molar-refractivity contribution in [3.8, 4) is 17.0 Å². The second kappa shape index (κ2) is 6.75. The van der Waals surface area contributed by atoms with Gasteiger partial charge in [0.25, 0.3) is 0 Å². The van der Waals surface area contributed by atoms with Crippen molar-refractivity contribution in [1.82, 2.24) is 9.88 Å². The molecule has 0 amide bonds. The first-order valence-corrected chi connectivity index (χ1v) is 9.21. The number of phenolic OH excluding ortho intramolecular Hbond substituents is 1. The smallest absolute Gasteiger partial charge is 0.116 e. The topological polar surface area (TPSA) is 36.4 Å². The molecule has 1 unspecified atom stereocenters. The molecule has 1 aliphatic rings. The summed E-state index contributed by atoms with van der Waals surface area (Å²) >= 11 is 1.77. The van der Waals surface area contributed by atoms with Gasteiger partial charge in [-0.25, -0.2) is 0 Å². The number of pyridine rings is 1. The first-order valence-electron chi connectivity index (χ1n) is 8.27. The maximum Gasteiger partial charge on any atom is 0.116 e. The molecule has 3 aromatic rings. The Bertz CT molecular complexity index is 816. The SMILES string of the molecule is Oc1cccc(-c2cc(C3CCN(Cc4ccsc4)C3)ccn2)c1. The fourth-order valence-electron chi connectivity index (χ4n) is 3.41. The summed E-state index contributed by atoms with van der Waals surface area (Å²) in [4.78, 5) is 7.01. The van der Waals surface area contributed by atoms with Crippen LogP contribution in [-0.2, 0) is 6.54 Å². The first kappa shape index (κ1) is 15.4. The molecule has 0 bridgehead atoms. The van der Waals surface area contributed by atoms with E-state index in [0.29, 0.717) is 5.92 Å². The van der Waals surface area contributed by atoms with E-state index in [4.69, 9.17) is 0 Å². The minimum Gasteiger partial charge on any atom is -0.508 e. The predicted molar refractivity (Wildman–Crippen MR) is 98.3 cm³/mol. The number of phenols is 1. The van der Waals surface area contributed by atoms with Gasteiger partial charge in [0.15, 0.2) is 0 Å². The van der Waals surface area contributed by atoms with Crippen LogP contribution in [-0.4, -0.2) is 28.1 Å². The summed E-state index contributed by atoms with van der Waals surface area (Å²) in [6, 6.07) is 13.8. The molecule has 3 nitrogen and oxygen atoms in total. The fourth-order valence-corrected chi connectivity index (χ4v) is 4.07. The van der Waals surface area contributed by atoms with E-state index in [2.05, 4.69) is 38.8 Å². The molecule has 122 valence electrons. The van der Waals surface area contributed by atoms with Crippen LogP contribution in [0.3, 0.4) is 0 Å². The van der Waals surface area contributed by atoms with Gasteiger partial charge in [-0.05, 0) is 71.1 Å². The maximum absolute atomic E-state index is 9.68. The van der Waals surface area contributed by atoms with E-state index in [-0.39, 0.29) is 5.75 Å². The predicted octanol–water partition coefficient (Wildman–Crippen LogP) is 4.51. The lowest BCUT2D eigenvalue weighted by molar-refractivity contribution is 0.327. The number of aromatic nitrogens is 1. The molecular formula is C20H20N2OS. The van der Waals surface area contributed by atoms with E-state index in [1.165, 1.54) is 17.5 Å². The van der Waals surface area contributed by atoms with Crippen LogP contribution >= 0.6 is 11.3 Å². The Balaban J connectivity index is 1.50. The molecule has 1 fully saturated rings. The van der Waals surface area contributed by atoms with E-state index < -0.39 is 0 Å². The highest BCUT2D eigenvalue weighted by atomic mass is 32.1. The van der Waals surface area contributed by atoms with Crippen molar-refractivity contribution >= 4 is 11.3 Å². The lowest BCUT2D eigenvalue weighted by atomic mass is 9.97. The van der Waals surface area contributed by atoms with Crippen molar-refractivity contribution < 1.29 is 5.11 Å². The highest BCUT2D eigenvalue weighted by Gasteiger charge is 2.24. The Hall–Kier alpha value is -2.17. The first-order chi connectivity index (χ1) is 11.8. The molecule has 1 saturated heterocycles. The molecule has 1 aliphatic heterocycles. The molecule has 0 saturated carbocycles. The van der Waals surface area contributed by atoms with Gasteiger partial charge in [0, 0.05) is 24.8 Å². The van der Waals surface area contributed by atoms with E-state index in [9.17, 15) is 5.11 Å². The monoisotopic (exact) mass is 336 g/mol.